The van der Waals surface area contributed by atoms with Gasteiger partial charge in [0.15, 0.2) is 0 Å². The van der Waals surface area contributed by atoms with E-state index in [0.717, 1.165) is 11.1 Å². The van der Waals surface area contributed by atoms with Crippen LogP contribution in [0.25, 0.3) is 0 Å². The number of ether oxygens (including phenoxy) is 1. The van der Waals surface area contributed by atoms with Crippen molar-refractivity contribution in [3.05, 3.63) is 95.1 Å². The van der Waals surface area contributed by atoms with E-state index in [1.807, 2.05) is 49.4 Å². The SMILES string of the molecule is Cc1ccccc1COc1cccc(C=NNC(=O)C(=O)Nc2ccc(C#N)cc2)c1. The third-order valence-electron chi connectivity index (χ3n) is 4.37. The third-order valence-corrected chi connectivity index (χ3v) is 4.37. The Labute approximate surface area is 180 Å². The Kier molecular flexibility index (Phi) is 7.12. The van der Waals surface area contributed by atoms with E-state index < -0.39 is 11.8 Å². The highest BCUT2D eigenvalue weighted by molar-refractivity contribution is 6.39. The van der Waals surface area contributed by atoms with E-state index in [2.05, 4.69) is 15.8 Å². The van der Waals surface area contributed by atoms with Crippen LogP contribution in [0.1, 0.15) is 22.3 Å². The lowest BCUT2D eigenvalue weighted by atomic mass is 10.1. The first-order valence-corrected chi connectivity index (χ1v) is 9.47. The van der Waals surface area contributed by atoms with Gasteiger partial charge < -0.3 is 10.1 Å². The zero-order valence-electron chi connectivity index (χ0n) is 16.8. The molecule has 7 nitrogen and oxygen atoms in total. The minimum atomic E-state index is -0.910. The summed E-state index contributed by atoms with van der Waals surface area (Å²) in [4.78, 5) is 23.8. The van der Waals surface area contributed by atoms with Crippen molar-refractivity contribution in [2.24, 2.45) is 5.10 Å². The number of carbonyl (C=O) groups excluding carboxylic acids is 2. The highest BCUT2D eigenvalue weighted by atomic mass is 16.5. The van der Waals surface area contributed by atoms with E-state index in [4.69, 9.17) is 10.00 Å². The molecule has 3 rings (SSSR count). The fourth-order valence-corrected chi connectivity index (χ4v) is 2.65. The molecule has 2 amide bonds. The van der Waals surface area contributed by atoms with Gasteiger partial charge in [-0.1, -0.05) is 36.4 Å². The summed E-state index contributed by atoms with van der Waals surface area (Å²) in [5.74, 6) is -1.11. The molecule has 0 fully saturated rings. The number of rotatable bonds is 6. The summed E-state index contributed by atoms with van der Waals surface area (Å²) in [5, 5.41) is 15.0. The van der Waals surface area contributed by atoms with Crippen LogP contribution in [0, 0.1) is 18.3 Å². The Balaban J connectivity index is 1.52. The Morgan fingerprint density at radius 2 is 1.81 bits per heavy atom. The average Bonchev–Trinajstić information content (AvgIpc) is 2.79. The molecule has 0 aliphatic heterocycles. The number of benzene rings is 3. The van der Waals surface area contributed by atoms with Gasteiger partial charge in [0.2, 0.25) is 0 Å². The fraction of sp³-hybridized carbons (Fsp3) is 0.0833. The van der Waals surface area contributed by atoms with Crippen molar-refractivity contribution in [2.45, 2.75) is 13.5 Å². The van der Waals surface area contributed by atoms with E-state index >= 15 is 0 Å². The molecule has 0 unspecified atom stereocenters. The Morgan fingerprint density at radius 1 is 1.03 bits per heavy atom. The van der Waals surface area contributed by atoms with Gasteiger partial charge in [0.05, 0.1) is 17.8 Å². The van der Waals surface area contributed by atoms with Crippen molar-refractivity contribution in [3.63, 3.8) is 0 Å². The number of nitrogens with one attached hydrogen (secondary N) is 2. The molecule has 3 aromatic rings. The number of nitrogens with zero attached hydrogens (tertiary/aromatic N) is 2. The van der Waals surface area contributed by atoms with Crippen molar-refractivity contribution < 1.29 is 14.3 Å². The molecule has 0 saturated carbocycles. The van der Waals surface area contributed by atoms with Crippen LogP contribution in [0.15, 0.2) is 77.9 Å². The van der Waals surface area contributed by atoms with Crippen LogP contribution in [0.3, 0.4) is 0 Å². The maximum absolute atomic E-state index is 11.9. The molecule has 0 saturated heterocycles. The quantitative estimate of drug-likeness (QED) is 0.367. The summed E-state index contributed by atoms with van der Waals surface area (Å²) < 4.78 is 5.83. The normalized spacial score (nSPS) is 10.3. The van der Waals surface area contributed by atoms with E-state index in [1.165, 1.54) is 18.3 Å². The van der Waals surface area contributed by atoms with Crippen molar-refractivity contribution in [3.8, 4) is 11.8 Å². The number of amides is 2. The number of hydrogen-bond donors (Lipinski definition) is 2. The maximum atomic E-state index is 11.9. The number of hydrazone groups is 1. The molecular weight excluding hydrogens is 392 g/mol. The largest absolute Gasteiger partial charge is 0.489 e. The number of carbonyl (C=O) groups is 2. The van der Waals surface area contributed by atoms with Crippen molar-refractivity contribution >= 4 is 23.7 Å². The zero-order chi connectivity index (χ0) is 22.1. The molecule has 0 aromatic heterocycles. The van der Waals surface area contributed by atoms with Gasteiger partial charge in [-0.2, -0.15) is 10.4 Å². The minimum absolute atomic E-state index is 0.404. The van der Waals surface area contributed by atoms with Gasteiger partial charge in [-0.15, -0.1) is 0 Å². The van der Waals surface area contributed by atoms with Crippen molar-refractivity contribution in [1.82, 2.24) is 5.43 Å². The Bertz CT molecular complexity index is 1150. The van der Waals surface area contributed by atoms with Gasteiger partial charge in [0, 0.05) is 5.69 Å². The average molecular weight is 412 g/mol. The summed E-state index contributed by atoms with van der Waals surface area (Å²) >= 11 is 0. The molecule has 154 valence electrons. The molecule has 0 aliphatic carbocycles. The van der Waals surface area contributed by atoms with Gasteiger partial charge in [0.1, 0.15) is 12.4 Å². The topological polar surface area (TPSA) is 104 Å². The van der Waals surface area contributed by atoms with Crippen molar-refractivity contribution in [1.29, 1.82) is 5.26 Å². The van der Waals surface area contributed by atoms with Crippen LogP contribution in [0.5, 0.6) is 5.75 Å². The molecule has 0 atom stereocenters. The fourth-order valence-electron chi connectivity index (χ4n) is 2.65. The Hall–Kier alpha value is -4.44. The van der Waals surface area contributed by atoms with Gasteiger partial charge in [-0.3, -0.25) is 9.59 Å². The second-order valence-electron chi connectivity index (χ2n) is 6.63. The summed E-state index contributed by atoms with van der Waals surface area (Å²) in [7, 11) is 0. The van der Waals surface area contributed by atoms with Crippen LogP contribution in [-0.2, 0) is 16.2 Å². The van der Waals surface area contributed by atoms with Gasteiger partial charge in [0.25, 0.3) is 0 Å². The Morgan fingerprint density at radius 3 is 2.55 bits per heavy atom. The predicted molar refractivity (Wildman–Crippen MR) is 117 cm³/mol. The van der Waals surface area contributed by atoms with E-state index in [0.29, 0.717) is 29.2 Å². The molecule has 0 radical (unpaired) electrons. The van der Waals surface area contributed by atoms with Crippen LogP contribution in [0.4, 0.5) is 5.69 Å². The summed E-state index contributed by atoms with van der Waals surface area (Å²) in [6.45, 7) is 2.47. The van der Waals surface area contributed by atoms with Crippen LogP contribution < -0.4 is 15.5 Å². The zero-order valence-corrected chi connectivity index (χ0v) is 16.8. The summed E-state index contributed by atoms with van der Waals surface area (Å²) in [6.07, 6.45) is 1.42. The lowest BCUT2D eigenvalue weighted by molar-refractivity contribution is -0.136. The molecule has 3 aromatic carbocycles. The third kappa shape index (κ3) is 6.27. The highest BCUT2D eigenvalue weighted by Gasteiger charge is 2.12. The van der Waals surface area contributed by atoms with E-state index in [1.54, 1.807) is 24.3 Å². The van der Waals surface area contributed by atoms with Gasteiger partial charge in [-0.05, 0) is 60.0 Å². The summed E-state index contributed by atoms with van der Waals surface area (Å²) in [6, 6.07) is 23.4. The van der Waals surface area contributed by atoms with E-state index in [9.17, 15) is 9.59 Å². The van der Waals surface area contributed by atoms with Crippen molar-refractivity contribution in [2.75, 3.05) is 5.32 Å². The molecular formula is C24H20N4O3. The monoisotopic (exact) mass is 412 g/mol. The smallest absolute Gasteiger partial charge is 0.329 e. The molecule has 2 N–H and O–H groups in total. The molecule has 0 bridgehead atoms. The second kappa shape index (κ2) is 10.4. The van der Waals surface area contributed by atoms with Crippen LogP contribution >= 0.6 is 0 Å². The number of hydrogen-bond acceptors (Lipinski definition) is 5. The van der Waals surface area contributed by atoms with Gasteiger partial charge >= 0.3 is 11.8 Å². The lowest BCUT2D eigenvalue weighted by Gasteiger charge is -2.09. The molecule has 31 heavy (non-hydrogen) atoms. The number of anilines is 1. The molecule has 0 heterocycles. The molecule has 0 aliphatic rings. The maximum Gasteiger partial charge on any atom is 0.329 e. The second-order valence-corrected chi connectivity index (χ2v) is 6.63. The van der Waals surface area contributed by atoms with Crippen LogP contribution in [0.2, 0.25) is 0 Å². The predicted octanol–water partition coefficient (Wildman–Crippen LogP) is 3.53. The summed E-state index contributed by atoms with van der Waals surface area (Å²) in [5.41, 5.74) is 6.00. The first-order valence-electron chi connectivity index (χ1n) is 9.47. The molecule has 7 heteroatoms. The standard InChI is InChI=1S/C24H20N4O3/c1-17-5-2-3-7-20(17)16-31-22-8-4-6-19(13-22)15-26-28-24(30)23(29)27-21-11-9-18(14-25)10-12-21/h2-13,15H,16H2,1H3,(H,27,29)(H,28,30). The lowest BCUT2D eigenvalue weighted by Crippen LogP contribution is -2.32. The van der Waals surface area contributed by atoms with Crippen LogP contribution in [-0.4, -0.2) is 18.0 Å². The minimum Gasteiger partial charge on any atom is -0.489 e. The van der Waals surface area contributed by atoms with E-state index in [-0.39, 0.29) is 0 Å². The number of nitriles is 1. The first-order chi connectivity index (χ1) is 15.0. The first kappa shape index (κ1) is 21.3. The molecule has 0 spiro atoms. The number of aryl methyl sites for hydroxylation is 1. The van der Waals surface area contributed by atoms with Gasteiger partial charge in [-0.25, -0.2) is 5.43 Å². The highest BCUT2D eigenvalue weighted by Crippen LogP contribution is 2.16.